The van der Waals surface area contributed by atoms with E-state index in [9.17, 15) is 4.79 Å². The number of carbonyl (C=O) groups excluding carboxylic acids is 1. The van der Waals surface area contributed by atoms with E-state index in [4.69, 9.17) is 0 Å². The SMILES string of the molecule is CC[C@@H](C)N(Cc1cccn1Cc1ccccc1)C(=O)c1ccccc1C. The van der Waals surface area contributed by atoms with Crippen LogP contribution in [0.4, 0.5) is 0 Å². The molecule has 3 aromatic rings. The molecule has 0 aliphatic rings. The summed E-state index contributed by atoms with van der Waals surface area (Å²) in [5, 5.41) is 0. The van der Waals surface area contributed by atoms with Crippen LogP contribution >= 0.6 is 0 Å². The number of benzene rings is 2. The summed E-state index contributed by atoms with van der Waals surface area (Å²) in [5.74, 6) is 0.106. The lowest BCUT2D eigenvalue weighted by Crippen LogP contribution is -2.38. The molecule has 1 heterocycles. The molecule has 3 nitrogen and oxygen atoms in total. The van der Waals surface area contributed by atoms with Crippen LogP contribution in [-0.2, 0) is 13.1 Å². The van der Waals surface area contributed by atoms with Crippen molar-refractivity contribution in [3.63, 3.8) is 0 Å². The number of hydrogen-bond acceptors (Lipinski definition) is 1. The summed E-state index contributed by atoms with van der Waals surface area (Å²) < 4.78 is 2.23. The van der Waals surface area contributed by atoms with Gasteiger partial charge in [0.2, 0.25) is 0 Å². The van der Waals surface area contributed by atoms with Crippen molar-refractivity contribution < 1.29 is 4.79 Å². The fourth-order valence-corrected chi connectivity index (χ4v) is 3.32. The minimum absolute atomic E-state index is 0.106. The normalized spacial score (nSPS) is 12.0. The van der Waals surface area contributed by atoms with Crippen LogP contribution in [0.3, 0.4) is 0 Å². The van der Waals surface area contributed by atoms with E-state index in [1.807, 2.05) is 42.2 Å². The van der Waals surface area contributed by atoms with E-state index in [-0.39, 0.29) is 11.9 Å². The van der Waals surface area contributed by atoms with Gasteiger partial charge < -0.3 is 9.47 Å². The van der Waals surface area contributed by atoms with Crippen molar-refractivity contribution in [2.24, 2.45) is 0 Å². The highest BCUT2D eigenvalue weighted by Gasteiger charge is 2.23. The van der Waals surface area contributed by atoms with E-state index in [2.05, 4.69) is 61.0 Å². The van der Waals surface area contributed by atoms with Gasteiger partial charge in [0.05, 0.1) is 6.54 Å². The minimum atomic E-state index is 0.106. The van der Waals surface area contributed by atoms with E-state index in [0.717, 1.165) is 29.8 Å². The van der Waals surface area contributed by atoms with E-state index in [1.54, 1.807) is 0 Å². The fraction of sp³-hybridized carbons (Fsp3) is 0.292. The molecule has 0 spiro atoms. The van der Waals surface area contributed by atoms with Gasteiger partial charge in [-0.05, 0) is 49.6 Å². The van der Waals surface area contributed by atoms with Gasteiger partial charge in [-0.2, -0.15) is 0 Å². The fourth-order valence-electron chi connectivity index (χ4n) is 3.32. The van der Waals surface area contributed by atoms with E-state index < -0.39 is 0 Å². The predicted octanol–water partition coefficient (Wildman–Crippen LogP) is 5.29. The van der Waals surface area contributed by atoms with Crippen molar-refractivity contribution in [1.29, 1.82) is 0 Å². The number of amides is 1. The van der Waals surface area contributed by atoms with E-state index in [1.165, 1.54) is 5.56 Å². The lowest BCUT2D eigenvalue weighted by molar-refractivity contribution is 0.0666. The van der Waals surface area contributed by atoms with E-state index >= 15 is 0 Å². The second-order valence-electron chi connectivity index (χ2n) is 7.12. The molecule has 140 valence electrons. The van der Waals surface area contributed by atoms with Crippen molar-refractivity contribution in [3.05, 3.63) is 95.3 Å². The first-order chi connectivity index (χ1) is 13.1. The zero-order valence-corrected chi connectivity index (χ0v) is 16.4. The van der Waals surface area contributed by atoms with Gasteiger partial charge in [0.25, 0.3) is 5.91 Å². The van der Waals surface area contributed by atoms with Crippen molar-refractivity contribution in [2.75, 3.05) is 0 Å². The van der Waals surface area contributed by atoms with Gasteiger partial charge in [-0.15, -0.1) is 0 Å². The highest BCUT2D eigenvalue weighted by Crippen LogP contribution is 2.18. The highest BCUT2D eigenvalue weighted by atomic mass is 16.2. The molecular weight excluding hydrogens is 332 g/mol. The van der Waals surface area contributed by atoms with Gasteiger partial charge in [0, 0.05) is 30.0 Å². The zero-order valence-electron chi connectivity index (χ0n) is 16.4. The molecule has 3 rings (SSSR count). The number of aromatic nitrogens is 1. The first-order valence-electron chi connectivity index (χ1n) is 9.64. The Morgan fingerprint density at radius 2 is 1.70 bits per heavy atom. The number of nitrogens with zero attached hydrogens (tertiary/aromatic N) is 2. The molecule has 1 atom stereocenters. The Morgan fingerprint density at radius 3 is 2.41 bits per heavy atom. The smallest absolute Gasteiger partial charge is 0.254 e. The standard InChI is InChI=1S/C24H28N2O/c1-4-20(3)26(24(27)23-15-9-8-11-19(23)2)18-22-14-10-16-25(22)17-21-12-6-5-7-13-21/h5-16,20H,4,17-18H2,1-3H3/t20-/m1/s1. The summed E-state index contributed by atoms with van der Waals surface area (Å²) in [7, 11) is 0. The maximum Gasteiger partial charge on any atom is 0.254 e. The maximum atomic E-state index is 13.3. The summed E-state index contributed by atoms with van der Waals surface area (Å²) in [4.78, 5) is 15.3. The van der Waals surface area contributed by atoms with Crippen LogP contribution in [0.5, 0.6) is 0 Å². The average Bonchev–Trinajstić information content (AvgIpc) is 3.13. The largest absolute Gasteiger partial charge is 0.345 e. The summed E-state index contributed by atoms with van der Waals surface area (Å²) in [5.41, 5.74) is 4.23. The minimum Gasteiger partial charge on any atom is -0.345 e. The molecule has 0 aliphatic carbocycles. The molecule has 1 aromatic heterocycles. The lowest BCUT2D eigenvalue weighted by atomic mass is 10.1. The number of aryl methyl sites for hydroxylation is 1. The quantitative estimate of drug-likeness (QED) is 0.562. The molecule has 0 N–H and O–H groups in total. The summed E-state index contributed by atoms with van der Waals surface area (Å²) in [6.45, 7) is 7.69. The molecule has 0 bridgehead atoms. The second kappa shape index (κ2) is 8.72. The zero-order chi connectivity index (χ0) is 19.2. The Labute approximate surface area is 162 Å². The first-order valence-corrected chi connectivity index (χ1v) is 9.64. The van der Waals surface area contributed by atoms with Crippen LogP contribution < -0.4 is 0 Å². The molecule has 0 radical (unpaired) electrons. The van der Waals surface area contributed by atoms with Crippen LogP contribution in [0.1, 0.15) is 47.4 Å². The molecule has 0 aliphatic heterocycles. The molecule has 27 heavy (non-hydrogen) atoms. The Morgan fingerprint density at radius 1 is 1.00 bits per heavy atom. The van der Waals surface area contributed by atoms with E-state index in [0.29, 0.717) is 6.54 Å². The third-order valence-electron chi connectivity index (χ3n) is 5.21. The number of hydrogen-bond donors (Lipinski definition) is 0. The number of carbonyl (C=O) groups is 1. The average molecular weight is 361 g/mol. The third-order valence-corrected chi connectivity index (χ3v) is 5.21. The lowest BCUT2D eigenvalue weighted by Gasteiger charge is -2.30. The highest BCUT2D eigenvalue weighted by molar-refractivity contribution is 5.95. The maximum absolute atomic E-state index is 13.3. The Balaban J connectivity index is 1.85. The van der Waals surface area contributed by atoms with Crippen LogP contribution in [-0.4, -0.2) is 21.4 Å². The van der Waals surface area contributed by atoms with Crippen LogP contribution in [0, 0.1) is 6.92 Å². The van der Waals surface area contributed by atoms with Crippen molar-refractivity contribution >= 4 is 5.91 Å². The van der Waals surface area contributed by atoms with Gasteiger partial charge in [-0.1, -0.05) is 55.5 Å². The molecule has 2 aromatic carbocycles. The van der Waals surface area contributed by atoms with Gasteiger partial charge in [-0.3, -0.25) is 4.79 Å². The third kappa shape index (κ3) is 4.48. The molecule has 3 heteroatoms. The topological polar surface area (TPSA) is 25.2 Å². The van der Waals surface area contributed by atoms with Crippen molar-refractivity contribution in [1.82, 2.24) is 9.47 Å². The van der Waals surface area contributed by atoms with Crippen molar-refractivity contribution in [2.45, 2.75) is 46.3 Å². The van der Waals surface area contributed by atoms with Crippen LogP contribution in [0.2, 0.25) is 0 Å². The first kappa shape index (κ1) is 19.0. The summed E-state index contributed by atoms with van der Waals surface area (Å²) >= 11 is 0. The molecule has 0 unspecified atom stereocenters. The van der Waals surface area contributed by atoms with Crippen LogP contribution in [0.15, 0.2) is 72.9 Å². The predicted molar refractivity (Wildman–Crippen MR) is 111 cm³/mol. The Kier molecular flexibility index (Phi) is 6.12. The monoisotopic (exact) mass is 360 g/mol. The molecule has 0 saturated heterocycles. The Bertz CT molecular complexity index is 882. The molecule has 0 fully saturated rings. The second-order valence-corrected chi connectivity index (χ2v) is 7.12. The summed E-state index contributed by atoms with van der Waals surface area (Å²) in [6.07, 6.45) is 3.02. The van der Waals surface area contributed by atoms with Crippen molar-refractivity contribution in [3.8, 4) is 0 Å². The van der Waals surface area contributed by atoms with Gasteiger partial charge >= 0.3 is 0 Å². The molecule has 1 amide bonds. The van der Waals surface area contributed by atoms with Gasteiger partial charge in [-0.25, -0.2) is 0 Å². The molecular formula is C24H28N2O. The van der Waals surface area contributed by atoms with Gasteiger partial charge in [0.15, 0.2) is 0 Å². The molecule has 0 saturated carbocycles. The number of rotatable bonds is 7. The van der Waals surface area contributed by atoms with Gasteiger partial charge in [0.1, 0.15) is 0 Å². The summed E-state index contributed by atoms with van der Waals surface area (Å²) in [6, 6.07) is 22.6. The Hall–Kier alpha value is -2.81. The van der Waals surface area contributed by atoms with Crippen LogP contribution in [0.25, 0.3) is 0 Å².